The summed E-state index contributed by atoms with van der Waals surface area (Å²) in [6, 6.07) is 25.4. The molecule has 5 aromatic rings. The highest BCUT2D eigenvalue weighted by atomic mass is 16.5. The number of nitrogens with zero attached hydrogens (tertiary/aromatic N) is 1. The maximum absolute atomic E-state index is 12.8. The number of fused-ring (bicyclic) bond motifs is 2. The number of para-hydroxylation sites is 1. The molecule has 1 amide bonds. The predicted octanol–water partition coefficient (Wildman–Crippen LogP) is 6.26. The maximum atomic E-state index is 12.8. The lowest BCUT2D eigenvalue weighted by Crippen LogP contribution is -2.13. The first kappa shape index (κ1) is 23.2. The van der Waals surface area contributed by atoms with Crippen LogP contribution in [0.15, 0.2) is 85.1 Å². The molecule has 5 rings (SSSR count). The first-order valence-corrected chi connectivity index (χ1v) is 11.6. The Morgan fingerprint density at radius 3 is 2.31 bits per heavy atom. The molecule has 6 nitrogen and oxygen atoms in total. The minimum Gasteiger partial charge on any atom is -0.496 e. The zero-order valence-corrected chi connectivity index (χ0v) is 20.4. The van der Waals surface area contributed by atoms with E-state index in [9.17, 15) is 4.79 Å². The molecule has 0 radical (unpaired) electrons. The number of hydrogen-bond acceptors (Lipinski definition) is 5. The molecular weight excluding hydrogens is 452 g/mol. The summed E-state index contributed by atoms with van der Waals surface area (Å²) in [4.78, 5) is 17.3. The summed E-state index contributed by atoms with van der Waals surface area (Å²) in [7, 11) is 4.82. The normalized spacial score (nSPS) is 10.9. The third-order valence-electron chi connectivity index (χ3n) is 6.25. The molecule has 0 saturated heterocycles. The smallest absolute Gasteiger partial charge is 0.259 e. The van der Waals surface area contributed by atoms with E-state index in [0.29, 0.717) is 22.8 Å². The number of amides is 1. The average molecular weight is 479 g/mol. The number of anilines is 1. The van der Waals surface area contributed by atoms with Crippen molar-refractivity contribution in [2.75, 3.05) is 26.6 Å². The number of nitrogens with one attached hydrogen (secondary N) is 1. The van der Waals surface area contributed by atoms with Crippen LogP contribution in [0.25, 0.3) is 21.7 Å². The molecule has 0 fully saturated rings. The van der Waals surface area contributed by atoms with Gasteiger partial charge >= 0.3 is 0 Å². The average Bonchev–Trinajstić information content (AvgIpc) is 2.92. The van der Waals surface area contributed by atoms with Crippen LogP contribution >= 0.6 is 0 Å². The molecule has 4 aromatic carbocycles. The monoisotopic (exact) mass is 478 g/mol. The SMILES string of the molecule is COc1cc2nccc(Cc3ccc4cc(NC(=O)c5ccccc5OC)ccc4c3)c2cc1OC. The largest absolute Gasteiger partial charge is 0.496 e. The van der Waals surface area contributed by atoms with Gasteiger partial charge in [0.25, 0.3) is 5.91 Å². The lowest BCUT2D eigenvalue weighted by molar-refractivity contribution is 0.102. The van der Waals surface area contributed by atoms with Crippen LogP contribution in [-0.2, 0) is 6.42 Å². The fourth-order valence-corrected chi connectivity index (χ4v) is 4.42. The number of hydrogen-bond donors (Lipinski definition) is 1. The summed E-state index contributed by atoms with van der Waals surface area (Å²) < 4.78 is 16.2. The number of ether oxygens (including phenoxy) is 3. The molecule has 0 aliphatic carbocycles. The van der Waals surface area contributed by atoms with Gasteiger partial charge in [-0.15, -0.1) is 0 Å². The van der Waals surface area contributed by atoms with Crippen LogP contribution in [0, 0.1) is 0 Å². The van der Waals surface area contributed by atoms with Crippen molar-refractivity contribution in [2.24, 2.45) is 0 Å². The molecule has 0 bridgehead atoms. The van der Waals surface area contributed by atoms with E-state index in [4.69, 9.17) is 14.2 Å². The van der Waals surface area contributed by atoms with Crippen LogP contribution in [-0.4, -0.2) is 32.2 Å². The number of pyridine rings is 1. The molecule has 6 heteroatoms. The van der Waals surface area contributed by atoms with E-state index in [1.807, 2.05) is 54.7 Å². The van der Waals surface area contributed by atoms with Gasteiger partial charge in [-0.2, -0.15) is 0 Å². The third-order valence-corrected chi connectivity index (χ3v) is 6.25. The van der Waals surface area contributed by atoms with Gasteiger partial charge in [0.1, 0.15) is 5.75 Å². The van der Waals surface area contributed by atoms with Crippen molar-refractivity contribution in [3.05, 3.63) is 102 Å². The first-order valence-electron chi connectivity index (χ1n) is 11.6. The highest BCUT2D eigenvalue weighted by molar-refractivity contribution is 6.07. The van der Waals surface area contributed by atoms with Crippen molar-refractivity contribution < 1.29 is 19.0 Å². The number of carbonyl (C=O) groups excluding carboxylic acids is 1. The van der Waals surface area contributed by atoms with Gasteiger partial charge < -0.3 is 19.5 Å². The molecule has 0 atom stereocenters. The van der Waals surface area contributed by atoms with Gasteiger partial charge in [0, 0.05) is 23.3 Å². The van der Waals surface area contributed by atoms with Crippen molar-refractivity contribution in [1.82, 2.24) is 4.98 Å². The van der Waals surface area contributed by atoms with Gasteiger partial charge in [-0.25, -0.2) is 0 Å². The minimum atomic E-state index is -0.208. The summed E-state index contributed by atoms with van der Waals surface area (Å²) in [5, 5.41) is 6.15. The fraction of sp³-hybridized carbons (Fsp3) is 0.133. The molecule has 180 valence electrons. The summed E-state index contributed by atoms with van der Waals surface area (Å²) in [5.74, 6) is 1.68. The number of benzene rings is 4. The molecule has 0 spiro atoms. The predicted molar refractivity (Wildman–Crippen MR) is 143 cm³/mol. The van der Waals surface area contributed by atoms with Gasteiger partial charge in [0.15, 0.2) is 11.5 Å². The van der Waals surface area contributed by atoms with Crippen molar-refractivity contribution in [2.45, 2.75) is 6.42 Å². The van der Waals surface area contributed by atoms with Crippen LogP contribution in [0.1, 0.15) is 21.5 Å². The Labute approximate surface area is 209 Å². The van der Waals surface area contributed by atoms with E-state index in [1.165, 1.54) is 5.56 Å². The maximum Gasteiger partial charge on any atom is 0.259 e. The van der Waals surface area contributed by atoms with Gasteiger partial charge in [-0.3, -0.25) is 9.78 Å². The fourth-order valence-electron chi connectivity index (χ4n) is 4.42. The van der Waals surface area contributed by atoms with E-state index in [1.54, 1.807) is 33.5 Å². The van der Waals surface area contributed by atoms with Gasteiger partial charge in [-0.05, 0) is 64.7 Å². The standard InChI is InChI=1S/C30H26N2O4/c1-34-27-7-5-4-6-24(27)30(33)32-23-11-10-20-14-19(8-9-21(20)16-23)15-22-12-13-31-26-18-29(36-3)28(35-2)17-25(22)26/h4-14,16-18H,15H2,1-3H3,(H,32,33). The van der Waals surface area contributed by atoms with Gasteiger partial charge in [0.05, 0.1) is 32.4 Å². The second kappa shape index (κ2) is 9.96. The van der Waals surface area contributed by atoms with E-state index in [0.717, 1.165) is 39.3 Å². The van der Waals surface area contributed by atoms with Crippen LogP contribution in [0.5, 0.6) is 17.2 Å². The summed E-state index contributed by atoms with van der Waals surface area (Å²) in [6.45, 7) is 0. The first-order chi connectivity index (χ1) is 17.6. The minimum absolute atomic E-state index is 0.208. The van der Waals surface area contributed by atoms with Crippen LogP contribution in [0.3, 0.4) is 0 Å². The van der Waals surface area contributed by atoms with Crippen LogP contribution < -0.4 is 19.5 Å². The summed E-state index contributed by atoms with van der Waals surface area (Å²) >= 11 is 0. The molecule has 0 aliphatic heterocycles. The summed E-state index contributed by atoms with van der Waals surface area (Å²) in [6.07, 6.45) is 2.57. The zero-order chi connectivity index (χ0) is 25.1. The lowest BCUT2D eigenvalue weighted by atomic mass is 9.98. The Balaban J connectivity index is 1.40. The Morgan fingerprint density at radius 1 is 0.778 bits per heavy atom. The van der Waals surface area contributed by atoms with Crippen molar-refractivity contribution >= 4 is 33.3 Å². The quantitative estimate of drug-likeness (QED) is 0.299. The van der Waals surface area contributed by atoms with Crippen molar-refractivity contribution in [3.63, 3.8) is 0 Å². The van der Waals surface area contributed by atoms with Crippen LogP contribution in [0.2, 0.25) is 0 Å². The van der Waals surface area contributed by atoms with E-state index >= 15 is 0 Å². The topological polar surface area (TPSA) is 69.7 Å². The number of carbonyl (C=O) groups is 1. The molecule has 1 heterocycles. The molecule has 1 N–H and O–H groups in total. The Bertz CT molecular complexity index is 1580. The highest BCUT2D eigenvalue weighted by Gasteiger charge is 2.13. The Hall–Kier alpha value is -4.58. The van der Waals surface area contributed by atoms with E-state index in [2.05, 4.69) is 28.5 Å². The van der Waals surface area contributed by atoms with E-state index < -0.39 is 0 Å². The second-order valence-electron chi connectivity index (χ2n) is 8.42. The zero-order valence-electron chi connectivity index (χ0n) is 20.4. The second-order valence-corrected chi connectivity index (χ2v) is 8.42. The molecule has 0 saturated carbocycles. The van der Waals surface area contributed by atoms with Gasteiger partial charge in [0.2, 0.25) is 0 Å². The summed E-state index contributed by atoms with van der Waals surface area (Å²) in [5.41, 5.74) is 4.42. The highest BCUT2D eigenvalue weighted by Crippen LogP contribution is 2.33. The number of methoxy groups -OCH3 is 3. The number of aromatic nitrogens is 1. The Morgan fingerprint density at radius 2 is 1.50 bits per heavy atom. The molecule has 0 aliphatic rings. The Kier molecular flexibility index (Phi) is 6.41. The molecule has 36 heavy (non-hydrogen) atoms. The van der Waals surface area contributed by atoms with Gasteiger partial charge in [-0.1, -0.05) is 36.4 Å². The van der Waals surface area contributed by atoms with Crippen molar-refractivity contribution in [3.8, 4) is 17.2 Å². The van der Waals surface area contributed by atoms with Crippen LogP contribution in [0.4, 0.5) is 5.69 Å². The molecule has 1 aromatic heterocycles. The lowest BCUT2D eigenvalue weighted by Gasteiger charge is -2.12. The number of rotatable bonds is 7. The van der Waals surface area contributed by atoms with E-state index in [-0.39, 0.29) is 5.91 Å². The van der Waals surface area contributed by atoms with Crippen molar-refractivity contribution in [1.29, 1.82) is 0 Å². The third kappa shape index (κ3) is 4.53. The molecule has 0 unspecified atom stereocenters. The molecular formula is C30H26N2O4.